The molecule has 66 valence electrons. The van der Waals surface area contributed by atoms with Gasteiger partial charge in [0.1, 0.15) is 5.82 Å². The quantitative estimate of drug-likeness (QED) is 0.649. The number of Topliss-reactive ketones (excluding diaryl/α,β-unsaturated/α-hetero) is 1. The van der Waals surface area contributed by atoms with Crippen molar-refractivity contribution in [2.24, 2.45) is 7.05 Å². The SMILES string of the molecule is CSCC(=O)c1nnc(C)n1C. The zero-order chi connectivity index (χ0) is 9.14. The zero-order valence-electron chi connectivity index (χ0n) is 7.37. The first-order chi connectivity index (χ1) is 5.66. The van der Waals surface area contributed by atoms with Gasteiger partial charge in [0.15, 0.2) is 0 Å². The molecular formula is C7H11N3OS. The lowest BCUT2D eigenvalue weighted by molar-refractivity contribution is 0.100. The van der Waals surface area contributed by atoms with E-state index in [1.165, 1.54) is 11.8 Å². The number of aromatic nitrogens is 3. The van der Waals surface area contributed by atoms with Crippen LogP contribution >= 0.6 is 11.8 Å². The number of rotatable bonds is 3. The number of carbonyl (C=O) groups is 1. The van der Waals surface area contributed by atoms with E-state index in [4.69, 9.17) is 0 Å². The van der Waals surface area contributed by atoms with Crippen LogP contribution in [0.3, 0.4) is 0 Å². The minimum absolute atomic E-state index is 0.0330. The van der Waals surface area contributed by atoms with Crippen LogP contribution in [-0.2, 0) is 7.05 Å². The third-order valence-electron chi connectivity index (χ3n) is 1.62. The molecule has 0 fully saturated rings. The summed E-state index contributed by atoms with van der Waals surface area (Å²) in [5.41, 5.74) is 0. The maximum atomic E-state index is 11.3. The summed E-state index contributed by atoms with van der Waals surface area (Å²) in [6, 6.07) is 0. The van der Waals surface area contributed by atoms with Gasteiger partial charge in [0.05, 0.1) is 5.75 Å². The van der Waals surface area contributed by atoms with Crippen LogP contribution in [0.4, 0.5) is 0 Å². The van der Waals surface area contributed by atoms with Gasteiger partial charge in [0.2, 0.25) is 11.6 Å². The van der Waals surface area contributed by atoms with Crippen molar-refractivity contribution in [2.75, 3.05) is 12.0 Å². The number of carbonyl (C=O) groups excluding carboxylic acids is 1. The first-order valence-corrected chi connectivity index (χ1v) is 4.94. The highest BCUT2D eigenvalue weighted by Gasteiger charge is 2.12. The molecule has 0 spiro atoms. The smallest absolute Gasteiger partial charge is 0.210 e. The summed E-state index contributed by atoms with van der Waals surface area (Å²) in [7, 11) is 1.79. The third-order valence-corrected chi connectivity index (χ3v) is 2.17. The van der Waals surface area contributed by atoms with E-state index >= 15 is 0 Å². The standard InChI is InChI=1S/C7H11N3OS/c1-5-8-9-7(10(5)2)6(11)4-12-3/h4H2,1-3H3. The molecule has 0 aliphatic rings. The molecule has 0 aliphatic heterocycles. The fourth-order valence-corrected chi connectivity index (χ4v) is 1.24. The maximum Gasteiger partial charge on any atom is 0.210 e. The van der Waals surface area contributed by atoms with Gasteiger partial charge >= 0.3 is 0 Å². The molecule has 5 heteroatoms. The molecule has 12 heavy (non-hydrogen) atoms. The Morgan fingerprint density at radius 2 is 2.25 bits per heavy atom. The third kappa shape index (κ3) is 1.66. The van der Waals surface area contributed by atoms with Crippen LogP contribution in [-0.4, -0.2) is 32.6 Å². The van der Waals surface area contributed by atoms with Crippen LogP contribution in [0.1, 0.15) is 16.4 Å². The Balaban J connectivity index is 2.88. The van der Waals surface area contributed by atoms with E-state index in [1.54, 1.807) is 11.6 Å². The lowest BCUT2D eigenvalue weighted by Crippen LogP contribution is -2.10. The first-order valence-electron chi connectivity index (χ1n) is 3.55. The summed E-state index contributed by atoms with van der Waals surface area (Å²) in [6.07, 6.45) is 1.89. The van der Waals surface area contributed by atoms with Crippen molar-refractivity contribution < 1.29 is 4.79 Å². The number of thioether (sulfide) groups is 1. The molecule has 0 saturated carbocycles. The van der Waals surface area contributed by atoms with Crippen LogP contribution in [0.5, 0.6) is 0 Å². The molecule has 0 aromatic carbocycles. The van der Waals surface area contributed by atoms with Crippen molar-refractivity contribution in [3.63, 3.8) is 0 Å². The number of aryl methyl sites for hydroxylation is 1. The molecule has 0 unspecified atom stereocenters. The Bertz CT molecular complexity index is 295. The zero-order valence-corrected chi connectivity index (χ0v) is 8.18. The predicted octanol–water partition coefficient (Wildman–Crippen LogP) is 0.669. The predicted molar refractivity (Wildman–Crippen MR) is 48.5 cm³/mol. The molecule has 0 saturated heterocycles. The van der Waals surface area contributed by atoms with E-state index in [0.29, 0.717) is 11.6 Å². The van der Waals surface area contributed by atoms with E-state index in [2.05, 4.69) is 10.2 Å². The summed E-state index contributed by atoms with van der Waals surface area (Å²) in [6.45, 7) is 1.82. The summed E-state index contributed by atoms with van der Waals surface area (Å²) >= 11 is 1.49. The highest BCUT2D eigenvalue weighted by molar-refractivity contribution is 7.99. The molecular weight excluding hydrogens is 174 g/mol. The molecule has 0 aliphatic carbocycles. The molecule has 0 atom stereocenters. The maximum absolute atomic E-state index is 11.3. The fraction of sp³-hybridized carbons (Fsp3) is 0.571. The van der Waals surface area contributed by atoms with E-state index < -0.39 is 0 Å². The normalized spacial score (nSPS) is 10.2. The van der Waals surface area contributed by atoms with Gasteiger partial charge in [-0.25, -0.2) is 0 Å². The molecule has 1 aromatic heterocycles. The number of hydrogen-bond acceptors (Lipinski definition) is 4. The van der Waals surface area contributed by atoms with Crippen LogP contribution < -0.4 is 0 Å². The van der Waals surface area contributed by atoms with Gasteiger partial charge in [-0.3, -0.25) is 4.79 Å². The highest BCUT2D eigenvalue weighted by Crippen LogP contribution is 2.02. The monoisotopic (exact) mass is 185 g/mol. The van der Waals surface area contributed by atoms with E-state index in [-0.39, 0.29) is 5.78 Å². The van der Waals surface area contributed by atoms with Crippen molar-refractivity contribution in [1.29, 1.82) is 0 Å². The van der Waals surface area contributed by atoms with Gasteiger partial charge in [-0.05, 0) is 13.2 Å². The minimum Gasteiger partial charge on any atom is -0.312 e. The van der Waals surface area contributed by atoms with E-state index in [0.717, 1.165) is 5.82 Å². The molecule has 4 nitrogen and oxygen atoms in total. The van der Waals surface area contributed by atoms with Crippen molar-refractivity contribution >= 4 is 17.5 Å². The lowest BCUT2D eigenvalue weighted by Gasteiger charge is -1.97. The lowest BCUT2D eigenvalue weighted by atomic mass is 10.4. The Morgan fingerprint density at radius 3 is 2.67 bits per heavy atom. The molecule has 1 rings (SSSR count). The molecule has 0 N–H and O–H groups in total. The number of nitrogens with zero attached hydrogens (tertiary/aromatic N) is 3. The summed E-state index contributed by atoms with van der Waals surface area (Å²) in [5, 5.41) is 7.59. The van der Waals surface area contributed by atoms with Crippen molar-refractivity contribution in [1.82, 2.24) is 14.8 Å². The average molecular weight is 185 g/mol. The van der Waals surface area contributed by atoms with Crippen molar-refractivity contribution in [2.45, 2.75) is 6.92 Å². The Hall–Kier alpha value is -0.840. The van der Waals surface area contributed by atoms with Gasteiger partial charge in [-0.2, -0.15) is 11.8 Å². The van der Waals surface area contributed by atoms with Crippen LogP contribution in [0, 0.1) is 6.92 Å². The van der Waals surface area contributed by atoms with Gasteiger partial charge in [-0.15, -0.1) is 10.2 Å². The Kier molecular flexibility index (Phi) is 2.86. The summed E-state index contributed by atoms with van der Waals surface area (Å²) < 4.78 is 1.71. The van der Waals surface area contributed by atoms with Gasteiger partial charge in [0, 0.05) is 7.05 Å². The largest absolute Gasteiger partial charge is 0.312 e. The van der Waals surface area contributed by atoms with Crippen LogP contribution in [0.25, 0.3) is 0 Å². The molecule has 0 bridgehead atoms. The first kappa shape index (κ1) is 9.25. The summed E-state index contributed by atoms with van der Waals surface area (Å²) in [5.74, 6) is 1.71. The van der Waals surface area contributed by atoms with E-state index in [9.17, 15) is 4.79 Å². The number of hydrogen-bond donors (Lipinski definition) is 0. The van der Waals surface area contributed by atoms with Crippen molar-refractivity contribution in [3.05, 3.63) is 11.6 Å². The fourth-order valence-electron chi connectivity index (χ4n) is 0.846. The second-order valence-electron chi connectivity index (χ2n) is 2.49. The van der Waals surface area contributed by atoms with Gasteiger partial charge < -0.3 is 4.57 Å². The Labute approximate surface area is 75.4 Å². The van der Waals surface area contributed by atoms with E-state index in [1.807, 2.05) is 13.2 Å². The highest BCUT2D eigenvalue weighted by atomic mass is 32.2. The molecule has 1 heterocycles. The topological polar surface area (TPSA) is 47.8 Å². The summed E-state index contributed by atoms with van der Waals surface area (Å²) in [4.78, 5) is 11.3. The minimum atomic E-state index is 0.0330. The van der Waals surface area contributed by atoms with Crippen LogP contribution in [0.15, 0.2) is 0 Å². The molecule has 1 aromatic rings. The second-order valence-corrected chi connectivity index (χ2v) is 3.35. The second kappa shape index (κ2) is 3.71. The van der Waals surface area contributed by atoms with Gasteiger partial charge in [-0.1, -0.05) is 0 Å². The van der Waals surface area contributed by atoms with Gasteiger partial charge in [0.25, 0.3) is 0 Å². The van der Waals surface area contributed by atoms with Crippen LogP contribution in [0.2, 0.25) is 0 Å². The average Bonchev–Trinajstić information content (AvgIpc) is 2.34. The molecule has 0 radical (unpaired) electrons. The number of ketones is 1. The molecule has 0 amide bonds. The van der Waals surface area contributed by atoms with Crippen molar-refractivity contribution in [3.8, 4) is 0 Å². The Morgan fingerprint density at radius 1 is 1.58 bits per heavy atom.